The molecule has 0 radical (unpaired) electrons. The van der Waals surface area contributed by atoms with Crippen LogP contribution in [0.5, 0.6) is 0 Å². The van der Waals surface area contributed by atoms with Crippen molar-refractivity contribution in [1.29, 1.82) is 0 Å². The summed E-state index contributed by atoms with van der Waals surface area (Å²) in [6.45, 7) is 6.94. The summed E-state index contributed by atoms with van der Waals surface area (Å²) in [4.78, 5) is 1.30. The van der Waals surface area contributed by atoms with Gasteiger partial charge >= 0.3 is 0 Å². The summed E-state index contributed by atoms with van der Waals surface area (Å²) in [5.74, 6) is 0.401. The van der Waals surface area contributed by atoms with E-state index in [1.165, 1.54) is 17.7 Å². The summed E-state index contributed by atoms with van der Waals surface area (Å²) < 4.78 is 0.0510. The minimum absolute atomic E-state index is 0.0510. The van der Waals surface area contributed by atoms with Crippen molar-refractivity contribution in [3.63, 3.8) is 0 Å². The first kappa shape index (κ1) is 15.4. The zero-order chi connectivity index (χ0) is 15.1. The van der Waals surface area contributed by atoms with Gasteiger partial charge in [-0.1, -0.05) is 45.4 Å². The highest BCUT2D eigenvalue weighted by Gasteiger charge is 2.62. The largest absolute Gasteiger partial charge is 0.388 e. The van der Waals surface area contributed by atoms with Gasteiger partial charge < -0.3 is 5.11 Å². The Morgan fingerprint density at radius 3 is 2.38 bits per heavy atom. The normalized spacial score (nSPS) is 34.2. The molecule has 116 valence electrons. The molecule has 0 aliphatic heterocycles. The predicted octanol–water partition coefficient (Wildman–Crippen LogP) is 5.28. The summed E-state index contributed by atoms with van der Waals surface area (Å²) in [7, 11) is 0. The maximum absolute atomic E-state index is 11.7. The van der Waals surface area contributed by atoms with Crippen LogP contribution in [0.4, 0.5) is 0 Å². The molecule has 2 saturated carbocycles. The minimum atomic E-state index is -0.520. The Morgan fingerprint density at radius 1 is 1.10 bits per heavy atom. The van der Waals surface area contributed by atoms with E-state index in [4.69, 9.17) is 0 Å². The molecule has 2 fully saturated rings. The molecule has 3 rings (SSSR count). The van der Waals surface area contributed by atoms with Gasteiger partial charge in [0.2, 0.25) is 0 Å². The van der Waals surface area contributed by atoms with Gasteiger partial charge in [0.15, 0.2) is 0 Å². The van der Waals surface area contributed by atoms with Crippen LogP contribution in [-0.2, 0) is 0 Å². The summed E-state index contributed by atoms with van der Waals surface area (Å²) in [6, 6.07) is 10.6. The molecule has 1 aromatic carbocycles. The quantitative estimate of drug-likeness (QED) is 0.767. The van der Waals surface area contributed by atoms with E-state index in [1.54, 1.807) is 0 Å². The van der Waals surface area contributed by atoms with Crippen molar-refractivity contribution in [3.05, 3.63) is 30.3 Å². The van der Waals surface area contributed by atoms with Gasteiger partial charge in [-0.2, -0.15) is 0 Å². The Bertz CT molecular complexity index is 492. The molecule has 2 heteroatoms. The molecule has 1 aromatic rings. The summed E-state index contributed by atoms with van der Waals surface area (Å²) in [6.07, 6.45) is 6.92. The molecular weight excluding hydrogens is 276 g/mol. The average molecular weight is 304 g/mol. The Morgan fingerprint density at radius 2 is 1.76 bits per heavy atom. The van der Waals surface area contributed by atoms with Crippen LogP contribution in [0, 0.1) is 11.3 Å². The SMILES string of the molecule is CC1CCCC(C)(C)CC1(O)C1(Sc2ccccc2)CC1. The van der Waals surface area contributed by atoms with E-state index < -0.39 is 5.60 Å². The van der Waals surface area contributed by atoms with Crippen molar-refractivity contribution in [2.24, 2.45) is 11.3 Å². The van der Waals surface area contributed by atoms with Gasteiger partial charge in [-0.3, -0.25) is 0 Å². The molecule has 0 amide bonds. The van der Waals surface area contributed by atoms with E-state index in [1.807, 2.05) is 11.8 Å². The Balaban J connectivity index is 1.88. The Kier molecular flexibility index (Phi) is 3.90. The molecule has 0 heterocycles. The summed E-state index contributed by atoms with van der Waals surface area (Å²) in [5.41, 5.74) is -0.264. The third-order valence-corrected chi connectivity index (χ3v) is 7.26. The fourth-order valence-electron chi connectivity index (χ4n) is 4.18. The zero-order valence-electron chi connectivity index (χ0n) is 13.6. The maximum atomic E-state index is 11.7. The van der Waals surface area contributed by atoms with E-state index in [9.17, 15) is 5.11 Å². The number of hydrogen-bond acceptors (Lipinski definition) is 2. The first-order valence-electron chi connectivity index (χ1n) is 8.33. The van der Waals surface area contributed by atoms with Gasteiger partial charge in [0.1, 0.15) is 0 Å². The fourth-order valence-corrected chi connectivity index (χ4v) is 5.68. The van der Waals surface area contributed by atoms with Gasteiger partial charge in [0.05, 0.1) is 5.60 Å². The standard InChI is InChI=1S/C19H28OS/c1-15-8-7-11-17(2,3)14-19(15,20)18(12-13-18)21-16-9-5-4-6-10-16/h4-6,9-10,15,20H,7-8,11-14H2,1-3H3. The molecule has 0 saturated heterocycles. The van der Waals surface area contributed by atoms with Crippen molar-refractivity contribution in [1.82, 2.24) is 0 Å². The molecule has 0 aromatic heterocycles. The van der Waals surface area contributed by atoms with Crippen LogP contribution in [0.25, 0.3) is 0 Å². The zero-order valence-corrected chi connectivity index (χ0v) is 14.4. The smallest absolute Gasteiger partial charge is 0.0827 e. The van der Waals surface area contributed by atoms with Gasteiger partial charge in [-0.05, 0) is 55.6 Å². The first-order valence-corrected chi connectivity index (χ1v) is 9.15. The topological polar surface area (TPSA) is 20.2 Å². The lowest BCUT2D eigenvalue weighted by molar-refractivity contribution is -0.0471. The molecule has 1 N–H and O–H groups in total. The van der Waals surface area contributed by atoms with Crippen LogP contribution in [0.3, 0.4) is 0 Å². The number of thioether (sulfide) groups is 1. The molecule has 0 spiro atoms. The molecule has 2 unspecified atom stereocenters. The number of aliphatic hydroxyl groups is 1. The number of benzene rings is 1. The van der Waals surface area contributed by atoms with Crippen LogP contribution in [0.15, 0.2) is 35.2 Å². The lowest BCUT2D eigenvalue weighted by atomic mass is 9.73. The molecule has 0 bridgehead atoms. The third-order valence-electron chi connectivity index (χ3n) is 5.60. The van der Waals surface area contributed by atoms with Crippen LogP contribution < -0.4 is 0 Å². The van der Waals surface area contributed by atoms with Crippen molar-refractivity contribution in [3.8, 4) is 0 Å². The fraction of sp³-hybridized carbons (Fsp3) is 0.684. The lowest BCUT2D eigenvalue weighted by Gasteiger charge is -2.44. The van der Waals surface area contributed by atoms with E-state index in [2.05, 4.69) is 51.1 Å². The minimum Gasteiger partial charge on any atom is -0.388 e. The van der Waals surface area contributed by atoms with Crippen LogP contribution in [-0.4, -0.2) is 15.5 Å². The second kappa shape index (κ2) is 5.31. The highest BCUT2D eigenvalue weighted by atomic mass is 32.2. The van der Waals surface area contributed by atoms with E-state index >= 15 is 0 Å². The predicted molar refractivity (Wildman–Crippen MR) is 90.6 cm³/mol. The second-order valence-corrected chi connectivity index (χ2v) is 9.42. The number of rotatable bonds is 3. The van der Waals surface area contributed by atoms with Crippen LogP contribution in [0.2, 0.25) is 0 Å². The maximum Gasteiger partial charge on any atom is 0.0827 e. The highest BCUT2D eigenvalue weighted by Crippen LogP contribution is 2.64. The lowest BCUT2D eigenvalue weighted by Crippen LogP contribution is -2.49. The molecule has 21 heavy (non-hydrogen) atoms. The van der Waals surface area contributed by atoms with Crippen molar-refractivity contribution in [2.75, 3.05) is 0 Å². The second-order valence-electron chi connectivity index (χ2n) is 7.97. The van der Waals surface area contributed by atoms with E-state index in [0.29, 0.717) is 5.92 Å². The number of hydrogen-bond donors (Lipinski definition) is 1. The van der Waals surface area contributed by atoms with Gasteiger partial charge in [-0.15, -0.1) is 11.8 Å². The highest BCUT2D eigenvalue weighted by molar-refractivity contribution is 8.01. The molecule has 1 nitrogen and oxygen atoms in total. The van der Waals surface area contributed by atoms with Crippen molar-refractivity contribution >= 4 is 11.8 Å². The van der Waals surface area contributed by atoms with Gasteiger partial charge in [0, 0.05) is 9.64 Å². The summed E-state index contributed by atoms with van der Waals surface area (Å²) >= 11 is 1.93. The van der Waals surface area contributed by atoms with Gasteiger partial charge in [0.25, 0.3) is 0 Å². The average Bonchev–Trinajstić information content (AvgIpc) is 3.20. The molecule has 2 aliphatic rings. The molecular formula is C19H28OS. The summed E-state index contributed by atoms with van der Waals surface area (Å²) in [5, 5.41) is 11.7. The first-order chi connectivity index (χ1) is 9.87. The van der Waals surface area contributed by atoms with Crippen LogP contribution in [0.1, 0.15) is 59.3 Å². The Hall–Kier alpha value is -0.470. The third kappa shape index (κ3) is 2.90. The Labute approximate surface area is 133 Å². The molecule has 2 aliphatic carbocycles. The van der Waals surface area contributed by atoms with Crippen LogP contribution >= 0.6 is 11.8 Å². The van der Waals surface area contributed by atoms with E-state index in [-0.39, 0.29) is 10.2 Å². The van der Waals surface area contributed by atoms with E-state index in [0.717, 1.165) is 25.7 Å². The van der Waals surface area contributed by atoms with Crippen molar-refractivity contribution < 1.29 is 5.11 Å². The molecule has 2 atom stereocenters. The van der Waals surface area contributed by atoms with Gasteiger partial charge in [-0.25, -0.2) is 0 Å². The van der Waals surface area contributed by atoms with Crippen molar-refractivity contribution in [2.45, 2.75) is 74.5 Å². The monoisotopic (exact) mass is 304 g/mol.